The van der Waals surface area contributed by atoms with E-state index in [2.05, 4.69) is 60.7 Å². The number of ether oxygens (including phenoxy) is 2. The summed E-state index contributed by atoms with van der Waals surface area (Å²) in [6.07, 6.45) is 0. The first kappa shape index (κ1) is 17.1. The average Bonchev–Trinajstić information content (AvgIpc) is 2.64. The molecule has 3 aromatic carbocycles. The Hall–Kier alpha value is -1.70. The number of methoxy groups -OCH3 is 2. The maximum atomic E-state index is 5.34. The summed E-state index contributed by atoms with van der Waals surface area (Å²) in [5.41, 5.74) is 0. The second-order valence-corrected chi connectivity index (χ2v) is 9.69. The van der Waals surface area contributed by atoms with Crippen molar-refractivity contribution in [3.63, 3.8) is 0 Å². The molecule has 0 N–H and O–H groups in total. The fraction of sp³-hybridized carbons (Fsp3) is 0.100. The van der Waals surface area contributed by atoms with Crippen LogP contribution in [-0.4, -0.2) is 44.1 Å². The molecular formula is C20H18O2Se2. The van der Waals surface area contributed by atoms with Crippen LogP contribution in [0.5, 0.6) is 11.5 Å². The molecule has 4 heteroatoms. The molecule has 122 valence electrons. The van der Waals surface area contributed by atoms with Crippen molar-refractivity contribution >= 4 is 47.8 Å². The van der Waals surface area contributed by atoms with Crippen LogP contribution in [0.25, 0.3) is 0 Å². The first-order chi connectivity index (χ1) is 11.8. The fourth-order valence-corrected chi connectivity index (χ4v) is 6.85. The fourth-order valence-electron chi connectivity index (χ4n) is 2.20. The summed E-state index contributed by atoms with van der Waals surface area (Å²) in [5, 5.41) is 0. The second-order valence-electron chi connectivity index (χ2n) is 5.01. The van der Waals surface area contributed by atoms with Crippen LogP contribution in [0.2, 0.25) is 0 Å². The Morgan fingerprint density at radius 3 is 1.46 bits per heavy atom. The SMILES string of the molecule is COc1cccc([Se]c2ccccc2[Se]c2cccc(OC)c2)c1. The van der Waals surface area contributed by atoms with Gasteiger partial charge in [-0.05, 0) is 0 Å². The molecule has 0 aliphatic heterocycles. The average molecular weight is 448 g/mol. The molecule has 0 bridgehead atoms. The van der Waals surface area contributed by atoms with Gasteiger partial charge in [-0.1, -0.05) is 0 Å². The van der Waals surface area contributed by atoms with Gasteiger partial charge in [0.05, 0.1) is 0 Å². The molecule has 0 atom stereocenters. The van der Waals surface area contributed by atoms with E-state index in [9.17, 15) is 0 Å². The minimum atomic E-state index is 0.270. The van der Waals surface area contributed by atoms with E-state index in [-0.39, 0.29) is 29.9 Å². The minimum absolute atomic E-state index is 0.270. The van der Waals surface area contributed by atoms with E-state index in [0.717, 1.165) is 11.5 Å². The first-order valence-corrected chi connectivity index (χ1v) is 10.9. The van der Waals surface area contributed by atoms with Gasteiger partial charge in [0.1, 0.15) is 0 Å². The molecule has 3 aromatic rings. The van der Waals surface area contributed by atoms with Crippen molar-refractivity contribution in [3.05, 3.63) is 72.8 Å². The monoisotopic (exact) mass is 450 g/mol. The van der Waals surface area contributed by atoms with E-state index in [4.69, 9.17) is 9.47 Å². The molecule has 0 radical (unpaired) electrons. The molecule has 3 rings (SSSR count). The molecule has 0 aromatic heterocycles. The van der Waals surface area contributed by atoms with Crippen LogP contribution in [0.3, 0.4) is 0 Å². The molecule has 0 aliphatic carbocycles. The van der Waals surface area contributed by atoms with Crippen LogP contribution in [-0.2, 0) is 0 Å². The number of hydrogen-bond donors (Lipinski definition) is 0. The van der Waals surface area contributed by atoms with E-state index >= 15 is 0 Å². The Morgan fingerprint density at radius 2 is 1.04 bits per heavy atom. The molecule has 0 saturated heterocycles. The van der Waals surface area contributed by atoms with Crippen molar-refractivity contribution in [2.45, 2.75) is 0 Å². The van der Waals surface area contributed by atoms with Gasteiger partial charge in [0.2, 0.25) is 0 Å². The molecule has 0 aliphatic rings. The van der Waals surface area contributed by atoms with E-state index in [1.165, 1.54) is 17.8 Å². The van der Waals surface area contributed by atoms with E-state index in [0.29, 0.717) is 0 Å². The normalized spacial score (nSPS) is 10.4. The van der Waals surface area contributed by atoms with Crippen LogP contribution < -0.4 is 27.3 Å². The van der Waals surface area contributed by atoms with Gasteiger partial charge in [-0.25, -0.2) is 0 Å². The Kier molecular flexibility index (Phi) is 6.01. The molecule has 0 fully saturated rings. The Labute approximate surface area is 155 Å². The van der Waals surface area contributed by atoms with Crippen LogP contribution in [0.15, 0.2) is 72.8 Å². The third-order valence-electron chi connectivity index (χ3n) is 3.39. The third-order valence-corrected chi connectivity index (χ3v) is 8.51. The van der Waals surface area contributed by atoms with E-state index in [1.807, 2.05) is 12.1 Å². The predicted molar refractivity (Wildman–Crippen MR) is 102 cm³/mol. The molecule has 24 heavy (non-hydrogen) atoms. The molecule has 0 saturated carbocycles. The van der Waals surface area contributed by atoms with Gasteiger partial charge in [0, 0.05) is 0 Å². The van der Waals surface area contributed by atoms with E-state index in [1.54, 1.807) is 14.2 Å². The van der Waals surface area contributed by atoms with Gasteiger partial charge in [-0.15, -0.1) is 0 Å². The number of benzene rings is 3. The summed E-state index contributed by atoms with van der Waals surface area (Å²) < 4.78 is 16.2. The summed E-state index contributed by atoms with van der Waals surface area (Å²) in [5.74, 6) is 1.84. The van der Waals surface area contributed by atoms with Crippen LogP contribution in [0, 0.1) is 0 Å². The summed E-state index contributed by atoms with van der Waals surface area (Å²) in [6, 6.07) is 25.5. The van der Waals surface area contributed by atoms with Gasteiger partial charge < -0.3 is 0 Å². The van der Waals surface area contributed by atoms with E-state index < -0.39 is 0 Å². The molecule has 0 unspecified atom stereocenters. The molecule has 2 nitrogen and oxygen atoms in total. The Balaban J connectivity index is 1.84. The quantitative estimate of drug-likeness (QED) is 0.525. The zero-order valence-corrected chi connectivity index (χ0v) is 17.0. The Morgan fingerprint density at radius 1 is 0.583 bits per heavy atom. The summed E-state index contributed by atoms with van der Waals surface area (Å²) in [4.78, 5) is 0. The summed E-state index contributed by atoms with van der Waals surface area (Å²) in [7, 11) is 3.43. The predicted octanol–water partition coefficient (Wildman–Crippen LogP) is 1.01. The number of hydrogen-bond acceptors (Lipinski definition) is 2. The maximum absolute atomic E-state index is 5.34. The topological polar surface area (TPSA) is 18.5 Å². The van der Waals surface area contributed by atoms with Crippen molar-refractivity contribution in [3.8, 4) is 11.5 Å². The molecule has 0 amide bonds. The van der Waals surface area contributed by atoms with Crippen LogP contribution in [0.4, 0.5) is 0 Å². The van der Waals surface area contributed by atoms with Crippen molar-refractivity contribution < 1.29 is 9.47 Å². The van der Waals surface area contributed by atoms with Crippen molar-refractivity contribution in [1.82, 2.24) is 0 Å². The zero-order valence-electron chi connectivity index (χ0n) is 13.6. The Bertz CT molecular complexity index is 749. The molecule has 0 spiro atoms. The van der Waals surface area contributed by atoms with Gasteiger partial charge in [0.15, 0.2) is 0 Å². The first-order valence-electron chi connectivity index (χ1n) is 7.51. The van der Waals surface area contributed by atoms with Crippen molar-refractivity contribution in [2.24, 2.45) is 0 Å². The standard InChI is InChI=1S/C20H18O2Se2/c1-21-15-7-5-9-17(13-15)23-19-11-3-4-12-20(19)24-18-10-6-8-16(14-18)22-2/h3-14H,1-2H3. The second kappa shape index (κ2) is 8.41. The zero-order chi connectivity index (χ0) is 16.8. The van der Waals surface area contributed by atoms with Gasteiger partial charge in [-0.2, -0.15) is 0 Å². The van der Waals surface area contributed by atoms with Gasteiger partial charge >= 0.3 is 156 Å². The third kappa shape index (κ3) is 4.43. The van der Waals surface area contributed by atoms with Crippen molar-refractivity contribution in [2.75, 3.05) is 14.2 Å². The summed E-state index contributed by atoms with van der Waals surface area (Å²) >= 11 is 0.539. The molecule has 0 heterocycles. The van der Waals surface area contributed by atoms with Crippen molar-refractivity contribution in [1.29, 1.82) is 0 Å². The molecular weight excluding hydrogens is 430 g/mol. The van der Waals surface area contributed by atoms with Gasteiger partial charge in [-0.3, -0.25) is 0 Å². The number of rotatable bonds is 6. The van der Waals surface area contributed by atoms with Crippen LogP contribution in [0.1, 0.15) is 0 Å². The summed E-state index contributed by atoms with van der Waals surface area (Å²) in [6.45, 7) is 0. The van der Waals surface area contributed by atoms with Crippen LogP contribution >= 0.6 is 0 Å². The van der Waals surface area contributed by atoms with Gasteiger partial charge in [0.25, 0.3) is 0 Å².